The molecule has 2 heteroatoms. The molecule has 0 spiro atoms. The van der Waals surface area contributed by atoms with Gasteiger partial charge >= 0.3 is 0 Å². The molecule has 1 rings (SSSR count). The Hall–Kier alpha value is -0.890. The summed E-state index contributed by atoms with van der Waals surface area (Å²) in [5, 5.41) is 6.93. The normalized spacial score (nSPS) is 19.9. The predicted molar refractivity (Wildman–Crippen MR) is 43.2 cm³/mol. The summed E-state index contributed by atoms with van der Waals surface area (Å²) >= 11 is 0. The summed E-state index contributed by atoms with van der Waals surface area (Å²) < 4.78 is 0. The van der Waals surface area contributed by atoms with Crippen molar-refractivity contribution in [3.05, 3.63) is 23.8 Å². The highest BCUT2D eigenvalue weighted by Gasteiger charge is 2.05. The SMILES string of the molecule is N=CC(N)C1=CC=CCC1. The fourth-order valence-electron chi connectivity index (χ4n) is 1.01. The van der Waals surface area contributed by atoms with Crippen LogP contribution in [0.25, 0.3) is 0 Å². The number of rotatable bonds is 2. The molecule has 10 heavy (non-hydrogen) atoms. The van der Waals surface area contributed by atoms with Crippen LogP contribution >= 0.6 is 0 Å². The van der Waals surface area contributed by atoms with Crippen molar-refractivity contribution in [3.8, 4) is 0 Å². The Kier molecular flexibility index (Phi) is 2.40. The summed E-state index contributed by atoms with van der Waals surface area (Å²) in [4.78, 5) is 0. The van der Waals surface area contributed by atoms with E-state index in [4.69, 9.17) is 11.1 Å². The maximum atomic E-state index is 6.93. The zero-order valence-corrected chi connectivity index (χ0v) is 5.88. The van der Waals surface area contributed by atoms with Gasteiger partial charge in [-0.05, 0) is 18.4 Å². The van der Waals surface area contributed by atoms with Gasteiger partial charge in [0.2, 0.25) is 0 Å². The van der Waals surface area contributed by atoms with Crippen LogP contribution in [0.4, 0.5) is 0 Å². The van der Waals surface area contributed by atoms with Gasteiger partial charge in [-0.1, -0.05) is 18.2 Å². The molecule has 1 atom stereocenters. The highest BCUT2D eigenvalue weighted by atomic mass is 14.6. The monoisotopic (exact) mass is 136 g/mol. The minimum absolute atomic E-state index is 0.162. The zero-order valence-electron chi connectivity index (χ0n) is 5.88. The molecule has 0 aliphatic heterocycles. The first kappa shape index (κ1) is 7.22. The molecular weight excluding hydrogens is 124 g/mol. The Morgan fingerprint density at radius 2 is 2.50 bits per heavy atom. The molecular formula is C8H12N2. The number of hydrogen-bond donors (Lipinski definition) is 2. The van der Waals surface area contributed by atoms with Crippen molar-refractivity contribution in [2.75, 3.05) is 0 Å². The van der Waals surface area contributed by atoms with E-state index in [2.05, 4.69) is 6.08 Å². The van der Waals surface area contributed by atoms with Gasteiger partial charge < -0.3 is 11.1 Å². The van der Waals surface area contributed by atoms with Crippen LogP contribution in [0.1, 0.15) is 12.8 Å². The van der Waals surface area contributed by atoms with E-state index >= 15 is 0 Å². The Morgan fingerprint density at radius 1 is 1.70 bits per heavy atom. The maximum absolute atomic E-state index is 6.93. The molecule has 0 saturated heterocycles. The van der Waals surface area contributed by atoms with Crippen LogP contribution in [-0.2, 0) is 0 Å². The number of nitrogens with two attached hydrogens (primary N) is 1. The lowest BCUT2D eigenvalue weighted by atomic mass is 9.99. The van der Waals surface area contributed by atoms with Crippen molar-refractivity contribution in [3.63, 3.8) is 0 Å². The summed E-state index contributed by atoms with van der Waals surface area (Å²) in [6.45, 7) is 0. The van der Waals surface area contributed by atoms with Crippen LogP contribution in [0.15, 0.2) is 23.8 Å². The minimum atomic E-state index is -0.162. The Morgan fingerprint density at radius 3 is 3.00 bits per heavy atom. The lowest BCUT2D eigenvalue weighted by Gasteiger charge is -2.11. The summed E-state index contributed by atoms with van der Waals surface area (Å²) in [6, 6.07) is -0.162. The van der Waals surface area contributed by atoms with Gasteiger partial charge in [0.1, 0.15) is 0 Å². The van der Waals surface area contributed by atoms with E-state index in [9.17, 15) is 0 Å². The van der Waals surface area contributed by atoms with E-state index in [0.717, 1.165) is 18.4 Å². The highest BCUT2D eigenvalue weighted by Crippen LogP contribution is 2.12. The first-order valence-electron chi connectivity index (χ1n) is 3.46. The van der Waals surface area contributed by atoms with Crippen LogP contribution < -0.4 is 5.73 Å². The maximum Gasteiger partial charge on any atom is 0.0611 e. The molecule has 1 aliphatic rings. The van der Waals surface area contributed by atoms with E-state index < -0.39 is 0 Å². The predicted octanol–water partition coefficient (Wildman–Crippen LogP) is 1.24. The molecule has 1 aliphatic carbocycles. The standard InChI is InChI=1S/C8H12N2/c9-6-8(10)7-4-2-1-3-5-7/h1-2,4,6,8-9H,3,5,10H2. The van der Waals surface area contributed by atoms with Crippen LogP contribution in [0.5, 0.6) is 0 Å². The molecule has 0 aromatic rings. The fourth-order valence-corrected chi connectivity index (χ4v) is 1.01. The molecule has 0 radical (unpaired) electrons. The molecule has 3 N–H and O–H groups in total. The number of allylic oxidation sites excluding steroid dienone is 3. The molecule has 0 aromatic carbocycles. The third-order valence-corrected chi connectivity index (χ3v) is 1.65. The molecule has 0 amide bonds. The average molecular weight is 136 g/mol. The molecule has 1 unspecified atom stereocenters. The van der Waals surface area contributed by atoms with Gasteiger partial charge in [0.15, 0.2) is 0 Å². The molecule has 2 nitrogen and oxygen atoms in total. The molecule has 0 saturated carbocycles. The van der Waals surface area contributed by atoms with Crippen molar-refractivity contribution in [1.82, 2.24) is 0 Å². The lowest BCUT2D eigenvalue weighted by Crippen LogP contribution is -2.24. The highest BCUT2D eigenvalue weighted by molar-refractivity contribution is 5.65. The Bertz CT molecular complexity index is 180. The summed E-state index contributed by atoms with van der Waals surface area (Å²) in [5.74, 6) is 0. The fraction of sp³-hybridized carbons (Fsp3) is 0.375. The van der Waals surface area contributed by atoms with Gasteiger partial charge in [-0.25, -0.2) is 0 Å². The number of hydrogen-bond acceptors (Lipinski definition) is 2. The Balaban J connectivity index is 2.61. The summed E-state index contributed by atoms with van der Waals surface area (Å²) in [6.07, 6.45) is 9.47. The quantitative estimate of drug-likeness (QED) is 0.551. The van der Waals surface area contributed by atoms with E-state index in [1.54, 1.807) is 0 Å². The van der Waals surface area contributed by atoms with Crippen molar-refractivity contribution < 1.29 is 0 Å². The molecule has 54 valence electrons. The first-order chi connectivity index (χ1) is 4.84. The second kappa shape index (κ2) is 3.32. The van der Waals surface area contributed by atoms with E-state index in [-0.39, 0.29) is 6.04 Å². The van der Waals surface area contributed by atoms with Gasteiger partial charge in [-0.3, -0.25) is 0 Å². The van der Waals surface area contributed by atoms with Gasteiger partial charge in [0.05, 0.1) is 6.04 Å². The van der Waals surface area contributed by atoms with Gasteiger partial charge in [-0.2, -0.15) is 0 Å². The van der Waals surface area contributed by atoms with Crippen LogP contribution in [0.3, 0.4) is 0 Å². The molecule has 0 aromatic heterocycles. The topological polar surface area (TPSA) is 49.9 Å². The van der Waals surface area contributed by atoms with E-state index in [1.165, 1.54) is 6.21 Å². The largest absolute Gasteiger partial charge is 0.320 e. The number of nitrogens with one attached hydrogen (secondary N) is 1. The third-order valence-electron chi connectivity index (χ3n) is 1.65. The van der Waals surface area contributed by atoms with Gasteiger partial charge in [0, 0.05) is 6.21 Å². The first-order valence-corrected chi connectivity index (χ1v) is 3.46. The zero-order chi connectivity index (χ0) is 7.40. The van der Waals surface area contributed by atoms with Crippen LogP contribution in [0, 0.1) is 5.41 Å². The summed E-state index contributed by atoms with van der Waals surface area (Å²) in [7, 11) is 0. The average Bonchev–Trinajstić information content (AvgIpc) is 2.05. The van der Waals surface area contributed by atoms with E-state index in [1.807, 2.05) is 12.2 Å². The van der Waals surface area contributed by atoms with Crippen molar-refractivity contribution in [1.29, 1.82) is 5.41 Å². The van der Waals surface area contributed by atoms with Crippen molar-refractivity contribution >= 4 is 6.21 Å². The molecule has 0 bridgehead atoms. The van der Waals surface area contributed by atoms with Gasteiger partial charge in [0.25, 0.3) is 0 Å². The summed E-state index contributed by atoms with van der Waals surface area (Å²) in [5.41, 5.74) is 6.77. The Labute approximate surface area is 60.9 Å². The van der Waals surface area contributed by atoms with Crippen LogP contribution in [0.2, 0.25) is 0 Å². The van der Waals surface area contributed by atoms with Gasteiger partial charge in [-0.15, -0.1) is 0 Å². The lowest BCUT2D eigenvalue weighted by molar-refractivity contribution is 0.865. The van der Waals surface area contributed by atoms with E-state index in [0.29, 0.717) is 0 Å². The smallest absolute Gasteiger partial charge is 0.0611 e. The molecule has 0 fully saturated rings. The van der Waals surface area contributed by atoms with Crippen LogP contribution in [-0.4, -0.2) is 12.3 Å². The second-order valence-corrected chi connectivity index (χ2v) is 2.40. The molecule has 0 heterocycles. The minimum Gasteiger partial charge on any atom is -0.320 e. The van der Waals surface area contributed by atoms with Crippen molar-refractivity contribution in [2.45, 2.75) is 18.9 Å². The second-order valence-electron chi connectivity index (χ2n) is 2.40. The third kappa shape index (κ3) is 1.54. The van der Waals surface area contributed by atoms with Crippen molar-refractivity contribution in [2.24, 2.45) is 5.73 Å².